The van der Waals surface area contributed by atoms with Crippen LogP contribution < -0.4 is 14.2 Å². The van der Waals surface area contributed by atoms with E-state index in [9.17, 15) is 0 Å². The molecule has 0 bridgehead atoms. The number of aromatic nitrogens is 4. The van der Waals surface area contributed by atoms with E-state index in [2.05, 4.69) is 52.5 Å². The largest absolute Gasteiger partial charge is 0.497 e. The van der Waals surface area contributed by atoms with Crippen LogP contribution in [0.15, 0.2) is 103 Å². The number of aromatic amines is 1. The van der Waals surface area contributed by atoms with Gasteiger partial charge in [-0.2, -0.15) is 5.10 Å². The summed E-state index contributed by atoms with van der Waals surface area (Å²) in [7, 11) is 3.31. The average Bonchev–Trinajstić information content (AvgIpc) is 3.69. The van der Waals surface area contributed by atoms with E-state index in [4.69, 9.17) is 19.3 Å². The molecule has 0 unspecified atom stereocenters. The molecule has 0 amide bonds. The van der Waals surface area contributed by atoms with Gasteiger partial charge in [0.05, 0.1) is 37.0 Å². The molecule has 0 aliphatic rings. The molecule has 1 N–H and O–H groups in total. The predicted octanol–water partition coefficient (Wildman–Crippen LogP) is 7.69. The van der Waals surface area contributed by atoms with Crippen molar-refractivity contribution >= 4 is 35.2 Å². The van der Waals surface area contributed by atoms with E-state index in [1.165, 1.54) is 5.39 Å². The van der Waals surface area contributed by atoms with Crippen LogP contribution in [-0.2, 0) is 6.61 Å². The van der Waals surface area contributed by atoms with Crippen molar-refractivity contribution in [3.63, 3.8) is 0 Å². The van der Waals surface area contributed by atoms with Crippen molar-refractivity contribution < 1.29 is 14.2 Å². The first-order valence-electron chi connectivity index (χ1n) is 13.6. The van der Waals surface area contributed by atoms with Crippen LogP contribution in [0.5, 0.6) is 17.2 Å². The minimum Gasteiger partial charge on any atom is -0.497 e. The highest BCUT2D eigenvalue weighted by Gasteiger charge is 2.09. The van der Waals surface area contributed by atoms with Gasteiger partial charge in [0.1, 0.15) is 23.9 Å². The fourth-order valence-corrected chi connectivity index (χ4v) is 4.63. The molecule has 3 heterocycles. The molecular formula is C35H30N4O3. The average molecular weight is 555 g/mol. The molecule has 6 aromatic rings. The number of fused-ring (bicyclic) bond motifs is 1. The van der Waals surface area contributed by atoms with E-state index in [1.54, 1.807) is 20.4 Å². The van der Waals surface area contributed by atoms with E-state index >= 15 is 0 Å². The second-order valence-electron chi connectivity index (χ2n) is 9.61. The van der Waals surface area contributed by atoms with Crippen molar-refractivity contribution in [2.45, 2.75) is 6.61 Å². The van der Waals surface area contributed by atoms with Gasteiger partial charge in [0.15, 0.2) is 0 Å². The van der Waals surface area contributed by atoms with Crippen molar-refractivity contribution in [1.29, 1.82) is 0 Å². The molecule has 0 atom stereocenters. The molecule has 0 aliphatic carbocycles. The molecule has 7 heteroatoms. The lowest BCUT2D eigenvalue weighted by Crippen LogP contribution is -1.99. The molecule has 7 nitrogen and oxygen atoms in total. The SMILES string of the molecule is COc1ccc(-n2nc(C=Cc3ccc(OCc4ccccn4)cc3OC)cc2C=Cc2ccc3cc[nH]c3c2)cc1. The topological polar surface area (TPSA) is 74.2 Å². The normalized spacial score (nSPS) is 11.5. The third-order valence-electron chi connectivity index (χ3n) is 6.85. The minimum absolute atomic E-state index is 0.386. The summed E-state index contributed by atoms with van der Waals surface area (Å²) in [6.07, 6.45) is 11.9. The quantitative estimate of drug-likeness (QED) is 0.188. The highest BCUT2D eigenvalue weighted by atomic mass is 16.5. The maximum absolute atomic E-state index is 5.92. The third kappa shape index (κ3) is 6.10. The van der Waals surface area contributed by atoms with Crippen molar-refractivity contribution in [2.24, 2.45) is 0 Å². The van der Waals surface area contributed by atoms with Gasteiger partial charge in [0.2, 0.25) is 0 Å². The molecule has 208 valence electrons. The van der Waals surface area contributed by atoms with Crippen molar-refractivity contribution in [3.8, 4) is 22.9 Å². The molecule has 0 fully saturated rings. The highest BCUT2D eigenvalue weighted by Crippen LogP contribution is 2.28. The summed E-state index contributed by atoms with van der Waals surface area (Å²) in [4.78, 5) is 7.58. The zero-order valence-electron chi connectivity index (χ0n) is 23.4. The first-order valence-corrected chi connectivity index (χ1v) is 13.6. The minimum atomic E-state index is 0.386. The predicted molar refractivity (Wildman–Crippen MR) is 168 cm³/mol. The van der Waals surface area contributed by atoms with E-state index < -0.39 is 0 Å². The fraction of sp³-hybridized carbons (Fsp3) is 0.0857. The van der Waals surface area contributed by atoms with Gasteiger partial charge in [-0.05, 0) is 95.9 Å². The Kier molecular flexibility index (Phi) is 7.81. The zero-order chi connectivity index (χ0) is 28.7. The standard InChI is InChI=1S/C35H30N4O3/c1-40-32-16-13-30(14-17-32)39-31(12-7-25-6-8-26-18-20-37-34(26)21-25)22-28(38-39)11-9-27-10-15-33(23-35(27)41-2)42-24-29-5-3-4-19-36-29/h3-23,37H,24H2,1-2H3. The Balaban J connectivity index is 1.27. The van der Waals surface area contributed by atoms with Crippen LogP contribution in [0.2, 0.25) is 0 Å². The summed E-state index contributed by atoms with van der Waals surface area (Å²) in [6, 6.07) is 29.9. The number of benzene rings is 3. The van der Waals surface area contributed by atoms with Crippen LogP contribution in [0, 0.1) is 0 Å². The zero-order valence-corrected chi connectivity index (χ0v) is 23.4. The lowest BCUT2D eigenvalue weighted by Gasteiger charge is -2.09. The lowest BCUT2D eigenvalue weighted by atomic mass is 10.1. The molecule has 3 aromatic heterocycles. The first kappa shape index (κ1) is 26.7. The second-order valence-corrected chi connectivity index (χ2v) is 9.61. The van der Waals surface area contributed by atoms with Crippen molar-refractivity contribution in [1.82, 2.24) is 19.7 Å². The number of hydrogen-bond donors (Lipinski definition) is 1. The van der Waals surface area contributed by atoms with Crippen LogP contribution in [0.25, 0.3) is 40.9 Å². The number of methoxy groups -OCH3 is 2. The van der Waals surface area contributed by atoms with Gasteiger partial charge >= 0.3 is 0 Å². The molecule has 0 saturated carbocycles. The molecule has 0 saturated heterocycles. The molecular weight excluding hydrogens is 524 g/mol. The Morgan fingerprint density at radius 2 is 1.67 bits per heavy atom. The number of H-pyrrole nitrogens is 1. The maximum atomic E-state index is 5.92. The highest BCUT2D eigenvalue weighted by molar-refractivity contribution is 5.83. The Morgan fingerprint density at radius 1 is 0.786 bits per heavy atom. The molecule has 0 aliphatic heterocycles. The summed E-state index contributed by atoms with van der Waals surface area (Å²) in [6.45, 7) is 0.386. The van der Waals surface area contributed by atoms with Crippen LogP contribution in [0.1, 0.15) is 28.2 Å². The molecule has 0 radical (unpaired) electrons. The Bertz CT molecular complexity index is 1850. The number of nitrogens with one attached hydrogen (secondary N) is 1. The summed E-state index contributed by atoms with van der Waals surface area (Å²) in [5.41, 5.74) is 6.66. The van der Waals surface area contributed by atoms with E-state index in [0.717, 1.165) is 45.2 Å². The number of nitrogens with zero attached hydrogens (tertiary/aromatic N) is 3. The number of rotatable bonds is 10. The van der Waals surface area contributed by atoms with Crippen LogP contribution in [0.4, 0.5) is 0 Å². The lowest BCUT2D eigenvalue weighted by molar-refractivity contribution is 0.299. The van der Waals surface area contributed by atoms with Crippen molar-refractivity contribution in [2.75, 3.05) is 14.2 Å². The number of pyridine rings is 1. The Labute approximate surface area is 244 Å². The van der Waals surface area contributed by atoms with Crippen molar-refractivity contribution in [3.05, 3.63) is 132 Å². The summed E-state index contributed by atoms with van der Waals surface area (Å²) < 4.78 is 18.9. The summed E-state index contributed by atoms with van der Waals surface area (Å²) in [5.74, 6) is 2.21. The molecule has 0 spiro atoms. The maximum Gasteiger partial charge on any atom is 0.130 e. The molecule has 42 heavy (non-hydrogen) atoms. The van der Waals surface area contributed by atoms with E-state index in [1.807, 2.05) is 83.7 Å². The van der Waals surface area contributed by atoms with Gasteiger partial charge in [-0.3, -0.25) is 4.98 Å². The van der Waals surface area contributed by atoms with E-state index in [0.29, 0.717) is 18.1 Å². The summed E-state index contributed by atoms with van der Waals surface area (Å²) >= 11 is 0. The monoisotopic (exact) mass is 554 g/mol. The Morgan fingerprint density at radius 3 is 2.48 bits per heavy atom. The van der Waals surface area contributed by atoms with Gasteiger partial charge < -0.3 is 19.2 Å². The van der Waals surface area contributed by atoms with Gasteiger partial charge in [-0.1, -0.05) is 24.3 Å². The first-order chi connectivity index (χ1) is 20.7. The fourth-order valence-electron chi connectivity index (χ4n) is 4.63. The third-order valence-corrected chi connectivity index (χ3v) is 6.85. The molecule has 3 aromatic carbocycles. The van der Waals surface area contributed by atoms with Gasteiger partial charge in [0, 0.05) is 29.5 Å². The van der Waals surface area contributed by atoms with Gasteiger partial charge in [-0.15, -0.1) is 0 Å². The Hall–Kier alpha value is -5.56. The van der Waals surface area contributed by atoms with Crippen LogP contribution in [-0.4, -0.2) is 34.0 Å². The number of hydrogen-bond acceptors (Lipinski definition) is 5. The van der Waals surface area contributed by atoms with E-state index in [-0.39, 0.29) is 0 Å². The molecule has 6 rings (SSSR count). The van der Waals surface area contributed by atoms with Gasteiger partial charge in [-0.25, -0.2) is 4.68 Å². The second kappa shape index (κ2) is 12.3. The van der Waals surface area contributed by atoms with Crippen LogP contribution in [0.3, 0.4) is 0 Å². The summed E-state index contributed by atoms with van der Waals surface area (Å²) in [5, 5.41) is 6.09. The smallest absolute Gasteiger partial charge is 0.130 e. The van der Waals surface area contributed by atoms with Crippen LogP contribution >= 0.6 is 0 Å². The van der Waals surface area contributed by atoms with Gasteiger partial charge in [0.25, 0.3) is 0 Å². The number of ether oxygens (including phenoxy) is 3.